The fraction of sp³-hybridized carbons (Fsp3) is 0.0833. The Morgan fingerprint density at radius 2 is 1.74 bits per heavy atom. The number of benzene rings is 3. The Morgan fingerprint density at radius 3 is 2.42 bits per heavy atom. The molecule has 6 nitrogen and oxygen atoms in total. The Hall–Kier alpha value is -3.58. The van der Waals surface area contributed by atoms with Crippen LogP contribution in [-0.4, -0.2) is 18.9 Å². The summed E-state index contributed by atoms with van der Waals surface area (Å²) in [6.45, 7) is 0.233. The van der Waals surface area contributed by atoms with Gasteiger partial charge in [0.25, 0.3) is 11.8 Å². The summed E-state index contributed by atoms with van der Waals surface area (Å²) in [6.07, 6.45) is 1.61. The van der Waals surface area contributed by atoms with Crippen molar-refractivity contribution in [1.29, 1.82) is 0 Å². The van der Waals surface area contributed by atoms with Gasteiger partial charge in [-0.1, -0.05) is 42.5 Å². The molecule has 31 heavy (non-hydrogen) atoms. The maximum atomic E-state index is 12.9. The van der Waals surface area contributed by atoms with Gasteiger partial charge in [0.1, 0.15) is 11.4 Å². The molecule has 158 valence electrons. The van der Waals surface area contributed by atoms with Crippen LogP contribution < -0.4 is 21.1 Å². The lowest BCUT2D eigenvalue weighted by Gasteiger charge is -2.13. The highest BCUT2D eigenvalue weighted by molar-refractivity contribution is 9.10. The van der Waals surface area contributed by atoms with E-state index in [0.717, 1.165) is 10.0 Å². The normalized spacial score (nSPS) is 11.0. The lowest BCUT2D eigenvalue weighted by atomic mass is 10.1. The van der Waals surface area contributed by atoms with Crippen LogP contribution in [0.2, 0.25) is 0 Å². The average molecular weight is 480 g/mol. The van der Waals surface area contributed by atoms with Gasteiger partial charge < -0.3 is 21.1 Å². The second kappa shape index (κ2) is 10.4. The van der Waals surface area contributed by atoms with Crippen molar-refractivity contribution >= 4 is 39.5 Å². The first-order chi connectivity index (χ1) is 15.0. The molecule has 0 saturated heterocycles. The van der Waals surface area contributed by atoms with Gasteiger partial charge >= 0.3 is 0 Å². The number of anilines is 1. The van der Waals surface area contributed by atoms with E-state index in [9.17, 15) is 9.59 Å². The summed E-state index contributed by atoms with van der Waals surface area (Å²) in [5.74, 6) is -0.149. The zero-order chi connectivity index (χ0) is 22.2. The fourth-order valence-corrected chi connectivity index (χ4v) is 3.41. The molecule has 0 aliphatic rings. The van der Waals surface area contributed by atoms with Gasteiger partial charge in [0.15, 0.2) is 0 Å². The number of nitrogens with two attached hydrogens (primary N) is 1. The number of nitrogens with one attached hydrogen (secondary N) is 2. The first-order valence-electron chi connectivity index (χ1n) is 9.51. The fourth-order valence-electron chi connectivity index (χ4n) is 2.85. The molecular formula is C24H22BrN3O3. The van der Waals surface area contributed by atoms with E-state index in [1.54, 1.807) is 61.7 Å². The predicted molar refractivity (Wildman–Crippen MR) is 125 cm³/mol. The summed E-state index contributed by atoms with van der Waals surface area (Å²) < 4.78 is 5.98. The number of rotatable bonds is 7. The first-order valence-corrected chi connectivity index (χ1v) is 10.3. The lowest BCUT2D eigenvalue weighted by molar-refractivity contribution is -0.117. The summed E-state index contributed by atoms with van der Waals surface area (Å²) >= 11 is 3.44. The molecule has 0 aliphatic heterocycles. The van der Waals surface area contributed by atoms with Crippen LogP contribution in [0.25, 0.3) is 6.08 Å². The number of ether oxygens (including phenoxy) is 1. The number of carbonyl (C=O) groups excluding carboxylic acids is 2. The third kappa shape index (κ3) is 5.96. The highest BCUT2D eigenvalue weighted by Gasteiger charge is 2.15. The Bertz CT molecular complexity index is 1110. The zero-order valence-electron chi connectivity index (χ0n) is 16.9. The molecule has 0 aromatic heterocycles. The summed E-state index contributed by atoms with van der Waals surface area (Å²) in [6, 6.07) is 21.3. The molecule has 4 N–H and O–H groups in total. The van der Waals surface area contributed by atoms with E-state index in [0.29, 0.717) is 22.6 Å². The summed E-state index contributed by atoms with van der Waals surface area (Å²) in [4.78, 5) is 25.6. The van der Waals surface area contributed by atoms with Crippen LogP contribution in [0, 0.1) is 0 Å². The van der Waals surface area contributed by atoms with E-state index >= 15 is 0 Å². The number of halogens is 1. The molecule has 0 unspecified atom stereocenters. The third-order valence-corrected chi connectivity index (χ3v) is 5.13. The number of nitrogen functional groups attached to an aromatic ring is 1. The van der Waals surface area contributed by atoms with Crippen molar-refractivity contribution in [2.24, 2.45) is 0 Å². The van der Waals surface area contributed by atoms with Crippen LogP contribution >= 0.6 is 15.9 Å². The summed E-state index contributed by atoms with van der Waals surface area (Å²) in [7, 11) is 1.57. The van der Waals surface area contributed by atoms with Gasteiger partial charge in [-0.15, -0.1) is 0 Å². The van der Waals surface area contributed by atoms with Crippen LogP contribution in [0.3, 0.4) is 0 Å². The molecule has 0 aliphatic carbocycles. The number of hydrogen-bond acceptors (Lipinski definition) is 4. The summed E-state index contributed by atoms with van der Waals surface area (Å²) in [5, 5.41) is 5.53. The van der Waals surface area contributed by atoms with E-state index in [1.165, 1.54) is 0 Å². The number of carbonyl (C=O) groups is 2. The van der Waals surface area contributed by atoms with Crippen molar-refractivity contribution in [3.05, 3.63) is 99.7 Å². The molecule has 0 heterocycles. The highest BCUT2D eigenvalue weighted by Crippen LogP contribution is 2.26. The minimum Gasteiger partial charge on any atom is -0.496 e. The largest absolute Gasteiger partial charge is 0.496 e. The zero-order valence-corrected chi connectivity index (χ0v) is 18.5. The van der Waals surface area contributed by atoms with Gasteiger partial charge in [-0.2, -0.15) is 0 Å². The van der Waals surface area contributed by atoms with Gasteiger partial charge in [-0.25, -0.2) is 0 Å². The van der Waals surface area contributed by atoms with Gasteiger partial charge in [-0.3, -0.25) is 9.59 Å². The van der Waals surface area contributed by atoms with Crippen molar-refractivity contribution < 1.29 is 14.3 Å². The van der Waals surface area contributed by atoms with Crippen molar-refractivity contribution in [3.8, 4) is 5.75 Å². The molecule has 0 saturated carbocycles. The SMILES string of the molecule is COc1ccc(/C=C(/NC(=O)c2ccccc2)C(=O)NCc2ccccc2N)cc1Br. The van der Waals surface area contributed by atoms with Gasteiger partial charge in [0.2, 0.25) is 0 Å². The van der Waals surface area contributed by atoms with E-state index in [1.807, 2.05) is 24.3 Å². The molecule has 2 amide bonds. The minimum absolute atomic E-state index is 0.112. The van der Waals surface area contributed by atoms with Gasteiger partial charge in [0.05, 0.1) is 11.6 Å². The second-order valence-corrected chi connectivity index (χ2v) is 7.51. The average Bonchev–Trinajstić information content (AvgIpc) is 2.78. The Morgan fingerprint density at radius 1 is 1.03 bits per heavy atom. The topological polar surface area (TPSA) is 93.4 Å². The van der Waals surface area contributed by atoms with E-state index in [4.69, 9.17) is 10.5 Å². The Labute approximate surface area is 189 Å². The molecular weight excluding hydrogens is 458 g/mol. The molecule has 0 radical (unpaired) electrons. The minimum atomic E-state index is -0.431. The van der Waals surface area contributed by atoms with Crippen molar-refractivity contribution in [1.82, 2.24) is 10.6 Å². The van der Waals surface area contributed by atoms with Crippen LogP contribution in [0.1, 0.15) is 21.5 Å². The monoisotopic (exact) mass is 479 g/mol. The van der Waals surface area contributed by atoms with Gasteiger partial charge in [-0.05, 0) is 63.5 Å². The summed E-state index contributed by atoms with van der Waals surface area (Å²) in [5.41, 5.74) is 8.60. The van der Waals surface area contributed by atoms with Crippen LogP contribution in [-0.2, 0) is 11.3 Å². The molecule has 3 aromatic rings. The second-order valence-electron chi connectivity index (χ2n) is 6.65. The van der Waals surface area contributed by atoms with Crippen molar-refractivity contribution in [2.75, 3.05) is 12.8 Å². The van der Waals surface area contributed by atoms with E-state index in [-0.39, 0.29) is 18.1 Å². The van der Waals surface area contributed by atoms with Crippen LogP contribution in [0.4, 0.5) is 5.69 Å². The van der Waals surface area contributed by atoms with Gasteiger partial charge in [0, 0.05) is 17.8 Å². The van der Waals surface area contributed by atoms with Crippen LogP contribution in [0.15, 0.2) is 83.0 Å². The Balaban J connectivity index is 1.85. The third-order valence-electron chi connectivity index (χ3n) is 4.51. The number of methoxy groups -OCH3 is 1. The molecule has 7 heteroatoms. The highest BCUT2D eigenvalue weighted by atomic mass is 79.9. The molecule has 3 aromatic carbocycles. The predicted octanol–water partition coefficient (Wildman–Crippen LogP) is 4.13. The smallest absolute Gasteiger partial charge is 0.268 e. The molecule has 3 rings (SSSR count). The van der Waals surface area contributed by atoms with E-state index < -0.39 is 5.91 Å². The van der Waals surface area contributed by atoms with E-state index in [2.05, 4.69) is 26.6 Å². The number of hydrogen-bond donors (Lipinski definition) is 3. The molecule has 0 fully saturated rings. The van der Waals surface area contributed by atoms with Crippen molar-refractivity contribution in [3.63, 3.8) is 0 Å². The lowest BCUT2D eigenvalue weighted by Crippen LogP contribution is -2.34. The van der Waals surface area contributed by atoms with Crippen molar-refractivity contribution in [2.45, 2.75) is 6.54 Å². The van der Waals surface area contributed by atoms with Crippen LogP contribution in [0.5, 0.6) is 5.75 Å². The number of amides is 2. The maximum absolute atomic E-state index is 12.9. The number of para-hydroxylation sites is 1. The standard InChI is InChI=1S/C24H22BrN3O3/c1-31-22-12-11-16(13-19(22)25)14-21(28-23(29)17-7-3-2-4-8-17)24(30)27-15-18-9-5-6-10-20(18)26/h2-14H,15,26H2,1H3,(H,27,30)(H,28,29)/b21-14+. The molecule has 0 spiro atoms. The maximum Gasteiger partial charge on any atom is 0.268 e. The molecule has 0 atom stereocenters. The first kappa shape index (κ1) is 22.1. The quantitative estimate of drug-likeness (QED) is 0.350. The molecule has 0 bridgehead atoms. The Kier molecular flexibility index (Phi) is 7.45.